The SMILES string of the molecule is CC(=O)N[C@@H](CS[C@H](C)CC(=O)O)C(=O)O. The summed E-state index contributed by atoms with van der Waals surface area (Å²) in [5.41, 5.74) is 0. The lowest BCUT2D eigenvalue weighted by molar-refractivity contribution is -0.140. The molecular formula is C9H15NO5S. The molecule has 0 aromatic heterocycles. The van der Waals surface area contributed by atoms with Crippen LogP contribution in [-0.2, 0) is 14.4 Å². The number of hydrogen-bond acceptors (Lipinski definition) is 4. The highest BCUT2D eigenvalue weighted by Crippen LogP contribution is 2.15. The van der Waals surface area contributed by atoms with Crippen LogP contribution in [0.4, 0.5) is 0 Å². The summed E-state index contributed by atoms with van der Waals surface area (Å²) < 4.78 is 0. The second kappa shape index (κ2) is 7.10. The van der Waals surface area contributed by atoms with Gasteiger partial charge in [0, 0.05) is 17.9 Å². The van der Waals surface area contributed by atoms with E-state index in [0.717, 1.165) is 0 Å². The Morgan fingerprint density at radius 3 is 2.25 bits per heavy atom. The van der Waals surface area contributed by atoms with Crippen LogP contribution in [0.15, 0.2) is 0 Å². The molecular weight excluding hydrogens is 234 g/mol. The van der Waals surface area contributed by atoms with Gasteiger partial charge in [-0.05, 0) is 0 Å². The van der Waals surface area contributed by atoms with Crippen LogP contribution >= 0.6 is 11.8 Å². The second-order valence-electron chi connectivity index (χ2n) is 3.33. The number of carboxylic acids is 2. The topological polar surface area (TPSA) is 104 Å². The molecule has 0 radical (unpaired) electrons. The van der Waals surface area contributed by atoms with E-state index in [9.17, 15) is 14.4 Å². The molecule has 0 saturated carbocycles. The standard InChI is InChI=1S/C9H15NO5S/c1-5(3-8(12)13)16-4-7(9(14)15)10-6(2)11/h5,7H,3-4H2,1-2H3,(H,10,11)(H,12,13)(H,14,15)/t5-,7+/m1/s1. The molecule has 0 unspecified atom stereocenters. The van der Waals surface area contributed by atoms with Crippen molar-refractivity contribution in [3.63, 3.8) is 0 Å². The highest BCUT2D eigenvalue weighted by molar-refractivity contribution is 7.99. The number of carboxylic acid groups (broad SMARTS) is 2. The molecule has 0 spiro atoms. The van der Waals surface area contributed by atoms with Gasteiger partial charge >= 0.3 is 11.9 Å². The third kappa shape index (κ3) is 7.10. The molecule has 0 aromatic carbocycles. The van der Waals surface area contributed by atoms with Crippen molar-refractivity contribution in [1.29, 1.82) is 0 Å². The molecule has 0 bridgehead atoms. The van der Waals surface area contributed by atoms with E-state index in [1.807, 2.05) is 0 Å². The van der Waals surface area contributed by atoms with Gasteiger partial charge in [0.25, 0.3) is 0 Å². The fraction of sp³-hybridized carbons (Fsp3) is 0.667. The van der Waals surface area contributed by atoms with Crippen molar-refractivity contribution in [1.82, 2.24) is 5.32 Å². The maximum Gasteiger partial charge on any atom is 0.327 e. The first-order valence-electron chi connectivity index (χ1n) is 4.66. The van der Waals surface area contributed by atoms with Crippen molar-refractivity contribution < 1.29 is 24.6 Å². The van der Waals surface area contributed by atoms with Gasteiger partial charge in [0.15, 0.2) is 0 Å². The van der Waals surface area contributed by atoms with Crippen molar-refractivity contribution >= 4 is 29.6 Å². The van der Waals surface area contributed by atoms with E-state index in [0.29, 0.717) is 0 Å². The van der Waals surface area contributed by atoms with Crippen LogP contribution in [0.1, 0.15) is 20.3 Å². The van der Waals surface area contributed by atoms with Gasteiger partial charge in [-0.25, -0.2) is 4.79 Å². The zero-order valence-electron chi connectivity index (χ0n) is 9.10. The highest BCUT2D eigenvalue weighted by Gasteiger charge is 2.20. The smallest absolute Gasteiger partial charge is 0.327 e. The molecule has 3 N–H and O–H groups in total. The van der Waals surface area contributed by atoms with E-state index in [1.165, 1.54) is 18.7 Å². The minimum absolute atomic E-state index is 0.0307. The fourth-order valence-corrected chi connectivity index (χ4v) is 1.99. The first-order valence-corrected chi connectivity index (χ1v) is 5.71. The summed E-state index contributed by atoms with van der Waals surface area (Å²) in [4.78, 5) is 31.8. The lowest BCUT2D eigenvalue weighted by Crippen LogP contribution is -2.41. The zero-order valence-corrected chi connectivity index (χ0v) is 9.91. The van der Waals surface area contributed by atoms with Gasteiger partial charge < -0.3 is 15.5 Å². The number of carbonyl (C=O) groups excluding carboxylic acids is 1. The number of nitrogens with one attached hydrogen (secondary N) is 1. The van der Waals surface area contributed by atoms with Gasteiger partial charge in [0.1, 0.15) is 6.04 Å². The van der Waals surface area contributed by atoms with Crippen molar-refractivity contribution in [2.45, 2.75) is 31.6 Å². The summed E-state index contributed by atoms with van der Waals surface area (Å²) in [6.07, 6.45) is -0.0307. The van der Waals surface area contributed by atoms with Crippen LogP contribution in [0.2, 0.25) is 0 Å². The number of hydrogen-bond donors (Lipinski definition) is 3. The predicted octanol–water partition coefficient (Wildman–Crippen LogP) is 0.172. The predicted molar refractivity (Wildman–Crippen MR) is 59.4 cm³/mol. The van der Waals surface area contributed by atoms with E-state index in [4.69, 9.17) is 10.2 Å². The summed E-state index contributed by atoms with van der Waals surface area (Å²) in [5.74, 6) is -2.31. The Bertz CT molecular complexity index is 281. The molecule has 0 fully saturated rings. The summed E-state index contributed by atoms with van der Waals surface area (Å²) in [5, 5.41) is 19.4. The molecule has 0 aliphatic carbocycles. The monoisotopic (exact) mass is 249 g/mol. The summed E-state index contributed by atoms with van der Waals surface area (Å²) in [7, 11) is 0. The van der Waals surface area contributed by atoms with Gasteiger partial charge in [-0.2, -0.15) is 11.8 Å². The van der Waals surface area contributed by atoms with E-state index in [1.54, 1.807) is 6.92 Å². The van der Waals surface area contributed by atoms with Crippen LogP contribution in [0.5, 0.6) is 0 Å². The number of rotatable bonds is 7. The molecule has 1 amide bonds. The Morgan fingerprint density at radius 2 is 1.88 bits per heavy atom. The van der Waals surface area contributed by atoms with Crippen LogP contribution in [0.25, 0.3) is 0 Å². The average molecular weight is 249 g/mol. The third-order valence-corrected chi connectivity index (χ3v) is 2.95. The minimum Gasteiger partial charge on any atom is -0.481 e. The number of aliphatic carboxylic acids is 2. The molecule has 7 heteroatoms. The summed E-state index contributed by atoms with van der Waals surface area (Å²) in [6, 6.07) is -0.973. The molecule has 0 heterocycles. The maximum atomic E-state index is 10.7. The van der Waals surface area contributed by atoms with Gasteiger partial charge in [0.05, 0.1) is 6.42 Å². The van der Waals surface area contributed by atoms with E-state index >= 15 is 0 Å². The van der Waals surface area contributed by atoms with E-state index in [-0.39, 0.29) is 17.4 Å². The Morgan fingerprint density at radius 1 is 1.31 bits per heavy atom. The molecule has 92 valence electrons. The fourth-order valence-electron chi connectivity index (χ4n) is 0.985. The Kier molecular flexibility index (Phi) is 6.55. The van der Waals surface area contributed by atoms with Crippen LogP contribution in [0.3, 0.4) is 0 Å². The highest BCUT2D eigenvalue weighted by atomic mass is 32.2. The lowest BCUT2D eigenvalue weighted by atomic mass is 10.3. The zero-order chi connectivity index (χ0) is 12.7. The molecule has 0 aliphatic rings. The Hall–Kier alpha value is -1.24. The third-order valence-electron chi connectivity index (χ3n) is 1.69. The minimum atomic E-state index is -1.12. The largest absolute Gasteiger partial charge is 0.481 e. The van der Waals surface area contributed by atoms with E-state index in [2.05, 4.69) is 5.32 Å². The van der Waals surface area contributed by atoms with Gasteiger partial charge in [-0.3, -0.25) is 9.59 Å². The Labute approximate surface area is 97.4 Å². The first kappa shape index (κ1) is 14.8. The van der Waals surface area contributed by atoms with Crippen molar-refractivity contribution in [2.24, 2.45) is 0 Å². The number of thioether (sulfide) groups is 1. The van der Waals surface area contributed by atoms with Crippen molar-refractivity contribution in [3.8, 4) is 0 Å². The lowest BCUT2D eigenvalue weighted by Gasteiger charge is -2.15. The summed E-state index contributed by atoms with van der Waals surface area (Å²) in [6.45, 7) is 2.94. The molecule has 16 heavy (non-hydrogen) atoms. The quantitative estimate of drug-likeness (QED) is 0.594. The molecule has 0 rings (SSSR count). The molecule has 6 nitrogen and oxygen atoms in total. The van der Waals surface area contributed by atoms with Crippen LogP contribution in [0, 0.1) is 0 Å². The second-order valence-corrected chi connectivity index (χ2v) is 4.80. The molecule has 0 aromatic rings. The van der Waals surface area contributed by atoms with E-state index < -0.39 is 23.9 Å². The van der Waals surface area contributed by atoms with Crippen molar-refractivity contribution in [2.75, 3.05) is 5.75 Å². The van der Waals surface area contributed by atoms with Gasteiger partial charge in [0.2, 0.25) is 5.91 Å². The molecule has 0 aliphatic heterocycles. The molecule has 0 saturated heterocycles. The maximum absolute atomic E-state index is 10.7. The Balaban J connectivity index is 4.06. The van der Waals surface area contributed by atoms with Crippen LogP contribution in [-0.4, -0.2) is 45.1 Å². The van der Waals surface area contributed by atoms with Gasteiger partial charge in [-0.1, -0.05) is 6.92 Å². The summed E-state index contributed by atoms with van der Waals surface area (Å²) >= 11 is 1.21. The first-order chi connectivity index (χ1) is 7.32. The number of carbonyl (C=O) groups is 3. The average Bonchev–Trinajstić information content (AvgIpc) is 2.09. The normalized spacial score (nSPS) is 13.9. The van der Waals surface area contributed by atoms with Crippen molar-refractivity contribution in [3.05, 3.63) is 0 Å². The van der Waals surface area contributed by atoms with Crippen LogP contribution < -0.4 is 5.32 Å². The molecule has 2 atom stereocenters. The van der Waals surface area contributed by atoms with Gasteiger partial charge in [-0.15, -0.1) is 0 Å². The number of amides is 1.